The van der Waals surface area contributed by atoms with Gasteiger partial charge in [0.05, 0.1) is 20.2 Å². The molecule has 6 nitrogen and oxygen atoms in total. The van der Waals surface area contributed by atoms with Crippen molar-refractivity contribution >= 4 is 20.2 Å². The first kappa shape index (κ1) is 38.0. The fraction of sp³-hybridized carbons (Fsp3) is 1.00. The van der Waals surface area contributed by atoms with E-state index in [1.54, 1.807) is 0 Å². The van der Waals surface area contributed by atoms with Gasteiger partial charge in [0.1, 0.15) is 0 Å². The van der Waals surface area contributed by atoms with Gasteiger partial charge in [-0.05, 0) is 12.8 Å². The second kappa shape index (κ2) is 27.0. The molecule has 0 unspecified atom stereocenters. The van der Waals surface area contributed by atoms with Crippen LogP contribution in [0.4, 0.5) is 0 Å². The van der Waals surface area contributed by atoms with Crippen LogP contribution in [0, 0.1) is 0 Å². The molecule has 0 bridgehead atoms. The summed E-state index contributed by atoms with van der Waals surface area (Å²) in [6.45, 7) is 4.42. The molecule has 0 rings (SSSR count). The van der Waals surface area contributed by atoms with E-state index in [9.17, 15) is 25.9 Å². The molecule has 0 fully saturated rings. The molecule has 0 radical (unpaired) electrons. The van der Waals surface area contributed by atoms with E-state index in [1.807, 2.05) is 0 Å². The molecule has 0 aromatic rings. The van der Waals surface area contributed by atoms with Gasteiger partial charge in [0.2, 0.25) is 0 Å². The minimum atomic E-state index is -3.98. The predicted octanol–water partition coefficient (Wildman–Crippen LogP) is 6.90. The van der Waals surface area contributed by atoms with Gasteiger partial charge in [0, 0.05) is 11.5 Å². The van der Waals surface area contributed by atoms with Crippen LogP contribution in [0.2, 0.25) is 0 Å². The Morgan fingerprint density at radius 1 is 0.394 bits per heavy atom. The summed E-state index contributed by atoms with van der Waals surface area (Å²) in [6.07, 6.45) is 22.9. The molecule has 0 amide bonds. The summed E-state index contributed by atoms with van der Waals surface area (Å²) in [4.78, 5) is 0. The van der Waals surface area contributed by atoms with Crippen molar-refractivity contribution in [3.8, 4) is 0 Å². The number of rotatable bonds is 22. The SMILES string of the molecule is CCCCCCCCCCCCS(=O)(=O)[O-].CCCCCCCCCCCCS(=O)(=O)[O-].[Zn+2]. The minimum absolute atomic E-state index is 0. The fourth-order valence-electron chi connectivity index (χ4n) is 3.53. The van der Waals surface area contributed by atoms with Gasteiger partial charge in [-0.3, -0.25) is 0 Å². The zero-order valence-corrected chi connectivity index (χ0v) is 26.1. The van der Waals surface area contributed by atoms with Crippen molar-refractivity contribution in [2.75, 3.05) is 11.5 Å². The third kappa shape index (κ3) is 43.0. The molecule has 0 aliphatic rings. The smallest absolute Gasteiger partial charge is 0.748 e. The molecule has 0 aliphatic heterocycles. The van der Waals surface area contributed by atoms with Crippen LogP contribution >= 0.6 is 0 Å². The maximum atomic E-state index is 10.3. The van der Waals surface area contributed by atoms with Crippen LogP contribution in [0.5, 0.6) is 0 Å². The van der Waals surface area contributed by atoms with Crippen molar-refractivity contribution in [1.29, 1.82) is 0 Å². The predicted molar refractivity (Wildman–Crippen MR) is 133 cm³/mol. The second-order valence-electron chi connectivity index (χ2n) is 8.89. The summed E-state index contributed by atoms with van der Waals surface area (Å²) >= 11 is 0. The number of unbranched alkanes of at least 4 members (excludes halogenated alkanes) is 18. The van der Waals surface area contributed by atoms with Gasteiger partial charge < -0.3 is 9.11 Å². The standard InChI is InChI=1S/2C12H26O3S.Zn/c2*1-2-3-4-5-6-7-8-9-10-11-12-16(13,14)15;/h2*2-12H2,1H3,(H,13,14,15);/q;;+2/p-2. The van der Waals surface area contributed by atoms with E-state index >= 15 is 0 Å². The largest absolute Gasteiger partial charge is 2.00 e. The molecule has 0 aliphatic carbocycles. The van der Waals surface area contributed by atoms with Gasteiger partial charge in [-0.2, -0.15) is 0 Å². The summed E-state index contributed by atoms with van der Waals surface area (Å²) in [6, 6.07) is 0. The molecule has 0 aromatic heterocycles. The Morgan fingerprint density at radius 2 is 0.576 bits per heavy atom. The van der Waals surface area contributed by atoms with Crippen LogP contribution in [0.25, 0.3) is 0 Å². The van der Waals surface area contributed by atoms with Gasteiger partial charge in [0.15, 0.2) is 0 Å². The Labute approximate surface area is 218 Å². The fourth-order valence-corrected chi connectivity index (χ4v) is 4.65. The minimum Gasteiger partial charge on any atom is -0.748 e. The van der Waals surface area contributed by atoms with E-state index in [2.05, 4.69) is 13.8 Å². The van der Waals surface area contributed by atoms with Crippen molar-refractivity contribution in [2.45, 2.75) is 142 Å². The molecule has 9 heteroatoms. The Morgan fingerprint density at radius 3 is 0.758 bits per heavy atom. The first-order valence-electron chi connectivity index (χ1n) is 13.0. The van der Waals surface area contributed by atoms with Crippen molar-refractivity contribution in [1.82, 2.24) is 0 Å². The quantitative estimate of drug-likeness (QED) is 0.0803. The van der Waals surface area contributed by atoms with Crippen molar-refractivity contribution in [3.05, 3.63) is 0 Å². The maximum absolute atomic E-state index is 10.3. The number of hydrogen-bond donors (Lipinski definition) is 0. The van der Waals surface area contributed by atoms with Crippen LogP contribution in [0.15, 0.2) is 0 Å². The third-order valence-corrected chi connectivity index (χ3v) is 7.07. The first-order valence-corrected chi connectivity index (χ1v) is 16.1. The van der Waals surface area contributed by atoms with E-state index in [1.165, 1.54) is 89.9 Å². The molecule has 33 heavy (non-hydrogen) atoms. The summed E-state index contributed by atoms with van der Waals surface area (Å²) < 4.78 is 61.9. The van der Waals surface area contributed by atoms with E-state index in [0.717, 1.165) is 25.7 Å². The average molecular weight is 564 g/mol. The van der Waals surface area contributed by atoms with Gasteiger partial charge in [-0.15, -0.1) is 0 Å². The molecular formula is C24H50O6S2Zn. The number of hydrogen-bond acceptors (Lipinski definition) is 6. The van der Waals surface area contributed by atoms with E-state index < -0.39 is 20.2 Å². The first-order chi connectivity index (χ1) is 15.1. The van der Waals surface area contributed by atoms with Crippen LogP contribution in [0.3, 0.4) is 0 Å². The summed E-state index contributed by atoms with van der Waals surface area (Å²) in [5.41, 5.74) is 0. The van der Waals surface area contributed by atoms with Crippen LogP contribution in [-0.2, 0) is 39.7 Å². The van der Waals surface area contributed by atoms with Crippen LogP contribution in [-0.4, -0.2) is 37.4 Å². The average Bonchev–Trinajstić information content (AvgIpc) is 2.70. The van der Waals surface area contributed by atoms with Crippen LogP contribution < -0.4 is 0 Å². The normalized spacial score (nSPS) is 11.5. The molecule has 0 aromatic carbocycles. The summed E-state index contributed by atoms with van der Waals surface area (Å²) in [7, 11) is -7.96. The topological polar surface area (TPSA) is 114 Å². The van der Waals surface area contributed by atoms with E-state index in [-0.39, 0.29) is 31.0 Å². The Hall–Kier alpha value is 0.443. The van der Waals surface area contributed by atoms with Gasteiger partial charge >= 0.3 is 19.5 Å². The van der Waals surface area contributed by atoms with Gasteiger partial charge in [0.25, 0.3) is 0 Å². The molecule has 0 atom stereocenters. The molecule has 0 saturated heterocycles. The molecule has 0 N–H and O–H groups in total. The van der Waals surface area contributed by atoms with Crippen molar-refractivity contribution < 1.29 is 45.4 Å². The molecular weight excluding hydrogens is 514 g/mol. The zero-order chi connectivity index (χ0) is 24.6. The Kier molecular flexibility index (Phi) is 31.1. The molecule has 0 heterocycles. The molecule has 196 valence electrons. The van der Waals surface area contributed by atoms with Crippen LogP contribution in [0.1, 0.15) is 142 Å². The van der Waals surface area contributed by atoms with E-state index in [4.69, 9.17) is 0 Å². The summed E-state index contributed by atoms with van der Waals surface area (Å²) in [5, 5.41) is 0. The zero-order valence-electron chi connectivity index (χ0n) is 21.5. The van der Waals surface area contributed by atoms with Crippen molar-refractivity contribution in [3.63, 3.8) is 0 Å². The Balaban J connectivity index is -0.000000529. The van der Waals surface area contributed by atoms with Gasteiger partial charge in [-0.1, -0.05) is 129 Å². The molecule has 0 saturated carbocycles. The Bertz CT molecular complexity index is 528. The molecule has 0 spiro atoms. The van der Waals surface area contributed by atoms with Gasteiger partial charge in [-0.25, -0.2) is 16.8 Å². The third-order valence-electron chi connectivity index (χ3n) is 5.50. The van der Waals surface area contributed by atoms with Crippen molar-refractivity contribution in [2.24, 2.45) is 0 Å². The summed E-state index contributed by atoms with van der Waals surface area (Å²) in [5.74, 6) is -0.382. The maximum Gasteiger partial charge on any atom is 2.00 e. The monoisotopic (exact) mass is 562 g/mol. The van der Waals surface area contributed by atoms with E-state index in [0.29, 0.717) is 12.8 Å². The second-order valence-corrected chi connectivity index (χ2v) is 11.9.